The van der Waals surface area contributed by atoms with Gasteiger partial charge in [-0.3, -0.25) is 9.59 Å². The Balaban J connectivity index is 1.22. The molecule has 2 N–H and O–H groups in total. The van der Waals surface area contributed by atoms with Gasteiger partial charge in [0.2, 0.25) is 0 Å². The Kier molecular flexibility index (Phi) is 5.98. The molecule has 6 heteroatoms. The van der Waals surface area contributed by atoms with Crippen LogP contribution in [0.1, 0.15) is 28.3 Å². The number of rotatable bonds is 3. The minimum Gasteiger partial charge on any atom is -0.355 e. The highest BCUT2D eigenvalue weighted by atomic mass is 16.1. The normalized spacial score (nSPS) is 13.9. The summed E-state index contributed by atoms with van der Waals surface area (Å²) >= 11 is 0. The van der Waals surface area contributed by atoms with E-state index in [9.17, 15) is 9.59 Å². The number of aromatic amines is 2. The number of carbonyl (C=O) groups is 2. The predicted octanol–water partition coefficient (Wildman–Crippen LogP) is 8.08. The van der Waals surface area contributed by atoms with Gasteiger partial charge in [0.15, 0.2) is 11.6 Å². The van der Waals surface area contributed by atoms with E-state index in [1.54, 1.807) is 0 Å². The van der Waals surface area contributed by atoms with Crippen molar-refractivity contribution in [1.82, 2.24) is 19.9 Å². The first-order valence-corrected chi connectivity index (χ1v) is 14.3. The molecular weight excluding hydrogens is 544 g/mol. The minimum atomic E-state index is -0.175. The Bertz CT molecular complexity index is 2290. The van der Waals surface area contributed by atoms with Crippen LogP contribution in [-0.2, 0) is 9.59 Å². The van der Waals surface area contributed by atoms with E-state index >= 15 is 0 Å². The molecule has 208 valence electrons. The first-order valence-electron chi connectivity index (χ1n) is 14.3. The minimum absolute atomic E-state index is 0.160. The number of allylic oxidation sites excluding steroid dienone is 4. The molecule has 0 amide bonds. The molecule has 5 heterocycles. The van der Waals surface area contributed by atoms with Crippen LogP contribution >= 0.6 is 0 Å². The first-order chi connectivity index (χ1) is 21.5. The molecule has 0 saturated heterocycles. The number of H-pyrrole nitrogens is 2. The van der Waals surface area contributed by atoms with E-state index in [1.165, 1.54) is 18.2 Å². The lowest BCUT2D eigenvalue weighted by molar-refractivity contribution is -0.113. The lowest BCUT2D eigenvalue weighted by Gasteiger charge is -2.09. The van der Waals surface area contributed by atoms with Gasteiger partial charge in [-0.15, -0.1) is 0 Å². The van der Waals surface area contributed by atoms with E-state index in [2.05, 4.69) is 52.4 Å². The van der Waals surface area contributed by atoms with Crippen molar-refractivity contribution in [3.63, 3.8) is 0 Å². The van der Waals surface area contributed by atoms with Crippen LogP contribution in [0, 0.1) is 0 Å². The molecule has 0 fully saturated rings. The van der Waals surface area contributed by atoms with Gasteiger partial charge in [-0.2, -0.15) is 0 Å². The third-order valence-corrected chi connectivity index (χ3v) is 7.87. The highest BCUT2D eigenvalue weighted by Gasteiger charge is 2.16. The summed E-state index contributed by atoms with van der Waals surface area (Å²) in [6.07, 6.45) is 12.1. The Labute approximate surface area is 252 Å². The van der Waals surface area contributed by atoms with Crippen molar-refractivity contribution in [2.24, 2.45) is 0 Å². The number of nitrogens with one attached hydrogen (secondary N) is 2. The topological polar surface area (TPSA) is 91.5 Å². The summed E-state index contributed by atoms with van der Waals surface area (Å²) < 4.78 is 0. The zero-order valence-electron chi connectivity index (χ0n) is 23.4. The summed E-state index contributed by atoms with van der Waals surface area (Å²) in [6.45, 7) is 0. The van der Waals surface area contributed by atoms with Gasteiger partial charge in [-0.25, -0.2) is 9.97 Å². The smallest absolute Gasteiger partial charge is 0.186 e. The van der Waals surface area contributed by atoms with E-state index in [0.29, 0.717) is 5.57 Å². The number of ketones is 2. The van der Waals surface area contributed by atoms with Gasteiger partial charge in [0, 0.05) is 33.2 Å². The van der Waals surface area contributed by atoms with Crippen molar-refractivity contribution in [2.45, 2.75) is 0 Å². The molecule has 0 saturated carbocycles. The van der Waals surface area contributed by atoms with Crippen molar-refractivity contribution >= 4 is 63.5 Å². The van der Waals surface area contributed by atoms with Crippen molar-refractivity contribution < 1.29 is 9.59 Å². The summed E-state index contributed by atoms with van der Waals surface area (Å²) in [5, 5.41) is 0. The molecule has 3 aliphatic rings. The number of hydrogen-bond donors (Lipinski definition) is 2. The highest BCUT2D eigenvalue weighted by Crippen LogP contribution is 2.32. The number of aromatic nitrogens is 4. The quantitative estimate of drug-likeness (QED) is 0.211. The van der Waals surface area contributed by atoms with Gasteiger partial charge in [-0.1, -0.05) is 48.5 Å². The monoisotopic (exact) mass is 568 g/mol. The fraction of sp³-hybridized carbons (Fsp3) is 0. The number of benzene rings is 2. The van der Waals surface area contributed by atoms with Gasteiger partial charge < -0.3 is 9.97 Å². The summed E-state index contributed by atoms with van der Waals surface area (Å²) in [5.41, 5.74) is 12.6. The number of hydrogen-bond acceptors (Lipinski definition) is 4. The van der Waals surface area contributed by atoms with Crippen LogP contribution < -0.4 is 0 Å². The largest absolute Gasteiger partial charge is 0.355 e. The summed E-state index contributed by atoms with van der Waals surface area (Å²) in [6, 6.07) is 30.4. The number of carbonyl (C=O) groups excluding carboxylic acids is 2. The van der Waals surface area contributed by atoms with Gasteiger partial charge in [-0.05, 0) is 107 Å². The second-order valence-corrected chi connectivity index (χ2v) is 10.9. The highest BCUT2D eigenvalue weighted by molar-refractivity contribution is 6.33. The van der Waals surface area contributed by atoms with Crippen molar-refractivity contribution in [3.8, 4) is 22.3 Å². The molecule has 3 aromatic heterocycles. The Morgan fingerprint density at radius 3 is 1.70 bits per heavy atom. The molecule has 5 aromatic rings. The van der Waals surface area contributed by atoms with Crippen LogP contribution in [0.25, 0.3) is 74.2 Å². The second kappa shape index (κ2) is 10.3. The molecule has 0 spiro atoms. The SMILES string of the molecule is O=C1C=CC(=O)C(c2ccc(-c3ccc(-c4c5nc(cc6ccc(cc7nc(cc8ccc4[nH]8)C=C7)[nH]6)C=C5)cc3)cc2)=C1. The first kappa shape index (κ1) is 25.6. The molecule has 2 aliphatic heterocycles. The molecule has 0 radical (unpaired) electrons. The predicted molar refractivity (Wildman–Crippen MR) is 177 cm³/mol. The van der Waals surface area contributed by atoms with E-state index in [-0.39, 0.29) is 11.6 Å². The van der Waals surface area contributed by atoms with Crippen LogP contribution in [0.5, 0.6) is 0 Å². The zero-order valence-corrected chi connectivity index (χ0v) is 23.4. The summed E-state index contributed by atoms with van der Waals surface area (Å²) in [4.78, 5) is 40.8. The molecule has 8 rings (SSSR count). The molecule has 1 aliphatic carbocycles. The Morgan fingerprint density at radius 2 is 1.02 bits per heavy atom. The maximum Gasteiger partial charge on any atom is 0.186 e. The average Bonchev–Trinajstić information content (AvgIpc) is 3.86. The van der Waals surface area contributed by atoms with Crippen molar-refractivity contribution in [1.29, 1.82) is 0 Å². The van der Waals surface area contributed by atoms with Crippen LogP contribution in [0.4, 0.5) is 0 Å². The van der Waals surface area contributed by atoms with Gasteiger partial charge in [0.05, 0.1) is 22.8 Å². The van der Waals surface area contributed by atoms with Gasteiger partial charge >= 0.3 is 0 Å². The van der Waals surface area contributed by atoms with Crippen LogP contribution in [0.15, 0.2) is 109 Å². The molecule has 0 atom stereocenters. The third kappa shape index (κ3) is 4.84. The van der Waals surface area contributed by atoms with E-state index in [1.807, 2.05) is 72.8 Å². The Morgan fingerprint density at radius 1 is 0.477 bits per heavy atom. The summed E-state index contributed by atoms with van der Waals surface area (Å²) in [5.74, 6) is -0.336. The van der Waals surface area contributed by atoms with Crippen LogP contribution in [-0.4, -0.2) is 31.5 Å². The zero-order chi connectivity index (χ0) is 29.6. The molecular formula is C38H24N4O2. The van der Waals surface area contributed by atoms with Crippen LogP contribution in [0.2, 0.25) is 0 Å². The molecule has 8 bridgehead atoms. The van der Waals surface area contributed by atoms with E-state index < -0.39 is 0 Å². The lowest BCUT2D eigenvalue weighted by Crippen LogP contribution is -2.06. The van der Waals surface area contributed by atoms with E-state index in [4.69, 9.17) is 9.97 Å². The fourth-order valence-corrected chi connectivity index (χ4v) is 5.72. The number of fused-ring (bicyclic) bond motifs is 8. The van der Waals surface area contributed by atoms with Gasteiger partial charge in [0.25, 0.3) is 0 Å². The van der Waals surface area contributed by atoms with Crippen molar-refractivity contribution in [3.05, 3.63) is 138 Å². The number of nitrogens with zero attached hydrogens (tertiary/aromatic N) is 2. The third-order valence-electron chi connectivity index (χ3n) is 7.87. The summed E-state index contributed by atoms with van der Waals surface area (Å²) in [7, 11) is 0. The maximum absolute atomic E-state index is 12.3. The fourth-order valence-electron chi connectivity index (χ4n) is 5.72. The van der Waals surface area contributed by atoms with Crippen molar-refractivity contribution in [2.75, 3.05) is 0 Å². The maximum atomic E-state index is 12.3. The van der Waals surface area contributed by atoms with Gasteiger partial charge in [0.1, 0.15) is 0 Å². The van der Waals surface area contributed by atoms with E-state index in [0.717, 1.165) is 72.7 Å². The average molecular weight is 569 g/mol. The van der Waals surface area contributed by atoms with Crippen LogP contribution in [0.3, 0.4) is 0 Å². The molecule has 44 heavy (non-hydrogen) atoms. The second-order valence-electron chi connectivity index (χ2n) is 10.9. The molecule has 2 aromatic carbocycles. The standard InChI is InChI=1S/C38H24N4O2/c43-33-15-18-37(44)34(22-33)25-5-1-23(2-6-25)24-3-7-26(8-4-24)38-35-16-13-31(41-35)20-29-11-9-27(39-29)19-28-10-12-30(40-28)21-32-14-17-36(38)42-32/h1-22,39,42H. The molecule has 6 nitrogen and oxygen atoms in total. The lowest BCUT2D eigenvalue weighted by atomic mass is 9.94. The Hall–Kier alpha value is -6.14. The molecule has 0 unspecified atom stereocenters.